The molecule has 2 heterocycles. The van der Waals surface area contributed by atoms with E-state index in [0.717, 1.165) is 30.8 Å². The second kappa shape index (κ2) is 5.19. The number of benzene rings is 1. The minimum atomic E-state index is -0.253. The predicted octanol–water partition coefficient (Wildman–Crippen LogP) is 2.00. The molecule has 0 spiro atoms. The van der Waals surface area contributed by atoms with Gasteiger partial charge in [-0.3, -0.25) is 4.90 Å². The molecule has 19 heavy (non-hydrogen) atoms. The molecule has 0 aromatic heterocycles. The van der Waals surface area contributed by atoms with Crippen molar-refractivity contribution in [1.29, 1.82) is 0 Å². The molecule has 0 amide bonds. The number of nitrogens with zero attached hydrogens (tertiary/aromatic N) is 1. The topological polar surface area (TPSA) is 38.5 Å². The number of ether oxygens (including phenoxy) is 1. The van der Waals surface area contributed by atoms with Crippen LogP contribution in [0.3, 0.4) is 0 Å². The molecule has 1 aromatic carbocycles. The second-order valence-corrected chi connectivity index (χ2v) is 5.69. The van der Waals surface area contributed by atoms with Crippen molar-refractivity contribution in [1.82, 2.24) is 4.90 Å². The number of hydrogen-bond acceptors (Lipinski definition) is 3. The summed E-state index contributed by atoms with van der Waals surface area (Å²) in [5.41, 5.74) is 8.20. The number of halogens is 1. The molecular formula is C15H21FN2O. The van der Waals surface area contributed by atoms with Gasteiger partial charge in [0.1, 0.15) is 5.82 Å². The van der Waals surface area contributed by atoms with E-state index in [-0.39, 0.29) is 18.0 Å². The van der Waals surface area contributed by atoms with E-state index < -0.39 is 0 Å². The Bertz CT molecular complexity index is 465. The van der Waals surface area contributed by atoms with E-state index >= 15 is 0 Å². The van der Waals surface area contributed by atoms with Crippen molar-refractivity contribution in [3.8, 4) is 0 Å². The molecule has 0 radical (unpaired) electrons. The molecule has 1 aromatic rings. The van der Waals surface area contributed by atoms with E-state index in [0.29, 0.717) is 6.04 Å². The number of rotatable bonds is 2. The van der Waals surface area contributed by atoms with Crippen molar-refractivity contribution in [3.63, 3.8) is 0 Å². The van der Waals surface area contributed by atoms with E-state index in [1.54, 1.807) is 12.1 Å². The normalized spacial score (nSPS) is 29.2. The Hall–Kier alpha value is -0.970. The van der Waals surface area contributed by atoms with Crippen molar-refractivity contribution < 1.29 is 9.13 Å². The van der Waals surface area contributed by atoms with Crippen LogP contribution in [0, 0.1) is 12.7 Å². The maximum absolute atomic E-state index is 13.4. The highest BCUT2D eigenvalue weighted by molar-refractivity contribution is 5.30. The number of hydrogen-bond donors (Lipinski definition) is 1. The van der Waals surface area contributed by atoms with Crippen LogP contribution in [0.2, 0.25) is 0 Å². The van der Waals surface area contributed by atoms with Crippen LogP contribution < -0.4 is 5.73 Å². The minimum Gasteiger partial charge on any atom is -0.373 e. The van der Waals surface area contributed by atoms with Crippen molar-refractivity contribution in [2.45, 2.75) is 38.0 Å². The molecule has 3 nitrogen and oxygen atoms in total. The van der Waals surface area contributed by atoms with Gasteiger partial charge in [-0.05, 0) is 49.6 Å². The lowest BCUT2D eigenvalue weighted by molar-refractivity contribution is -0.0598. The molecule has 0 saturated carbocycles. The van der Waals surface area contributed by atoms with Gasteiger partial charge in [0, 0.05) is 12.6 Å². The number of fused-ring (bicyclic) bond motifs is 1. The average molecular weight is 264 g/mol. The van der Waals surface area contributed by atoms with Crippen LogP contribution in [-0.2, 0) is 4.74 Å². The monoisotopic (exact) mass is 264 g/mol. The van der Waals surface area contributed by atoms with Gasteiger partial charge in [-0.1, -0.05) is 6.07 Å². The Balaban J connectivity index is 1.76. The van der Waals surface area contributed by atoms with E-state index in [9.17, 15) is 4.39 Å². The molecule has 2 N–H and O–H groups in total. The summed E-state index contributed by atoms with van der Waals surface area (Å²) in [6, 6.07) is 5.11. The lowest BCUT2D eigenvalue weighted by Gasteiger charge is -2.38. The van der Waals surface area contributed by atoms with Crippen molar-refractivity contribution in [2.24, 2.45) is 5.73 Å². The first-order valence-corrected chi connectivity index (χ1v) is 7.02. The molecule has 0 bridgehead atoms. The van der Waals surface area contributed by atoms with E-state index in [1.165, 1.54) is 18.9 Å². The van der Waals surface area contributed by atoms with E-state index in [2.05, 4.69) is 4.90 Å². The van der Waals surface area contributed by atoms with E-state index in [4.69, 9.17) is 10.5 Å². The third-order valence-electron chi connectivity index (χ3n) is 4.42. The molecule has 2 aliphatic heterocycles. The fraction of sp³-hybridized carbons (Fsp3) is 0.600. The highest BCUT2D eigenvalue weighted by Gasteiger charge is 2.35. The third kappa shape index (κ3) is 2.53. The molecule has 2 aliphatic rings. The Morgan fingerprint density at radius 3 is 3.16 bits per heavy atom. The van der Waals surface area contributed by atoms with Crippen LogP contribution in [-0.4, -0.2) is 36.7 Å². The Labute approximate surface area is 113 Å². The molecular weight excluding hydrogens is 243 g/mol. The van der Waals surface area contributed by atoms with Crippen LogP contribution in [0.15, 0.2) is 18.2 Å². The number of aryl methyl sites for hydroxylation is 1. The molecule has 104 valence electrons. The van der Waals surface area contributed by atoms with Crippen molar-refractivity contribution >= 4 is 0 Å². The summed E-state index contributed by atoms with van der Waals surface area (Å²) >= 11 is 0. The summed E-state index contributed by atoms with van der Waals surface area (Å²) in [7, 11) is 0. The summed E-state index contributed by atoms with van der Waals surface area (Å²) < 4.78 is 19.3. The second-order valence-electron chi connectivity index (χ2n) is 5.69. The van der Waals surface area contributed by atoms with Gasteiger partial charge in [0.2, 0.25) is 0 Å². The van der Waals surface area contributed by atoms with Crippen LogP contribution in [0.25, 0.3) is 0 Å². The summed E-state index contributed by atoms with van der Waals surface area (Å²) in [4.78, 5) is 2.46. The molecule has 3 atom stereocenters. The molecule has 3 unspecified atom stereocenters. The van der Waals surface area contributed by atoms with Gasteiger partial charge in [0.05, 0.1) is 18.8 Å². The molecule has 3 rings (SSSR count). The highest BCUT2D eigenvalue weighted by atomic mass is 19.1. The molecule has 2 saturated heterocycles. The summed E-state index contributed by atoms with van der Waals surface area (Å²) in [6.07, 6.45) is 2.44. The predicted molar refractivity (Wildman–Crippen MR) is 72.4 cm³/mol. The fourth-order valence-corrected chi connectivity index (χ4v) is 3.23. The number of morpholine rings is 1. The van der Waals surface area contributed by atoms with Gasteiger partial charge in [0.25, 0.3) is 0 Å². The minimum absolute atomic E-state index is 0.0325. The lowest BCUT2D eigenvalue weighted by atomic mass is 9.96. The maximum Gasteiger partial charge on any atom is 0.123 e. The zero-order valence-corrected chi connectivity index (χ0v) is 11.3. The molecule has 0 aliphatic carbocycles. The van der Waals surface area contributed by atoms with Crippen molar-refractivity contribution in [3.05, 3.63) is 35.1 Å². The number of nitrogens with two attached hydrogens (primary N) is 1. The van der Waals surface area contributed by atoms with Crippen molar-refractivity contribution in [2.75, 3.05) is 19.7 Å². The Kier molecular flexibility index (Phi) is 3.56. The van der Waals surface area contributed by atoms with Gasteiger partial charge in [-0.25, -0.2) is 4.39 Å². The standard InChI is InChI=1S/C15H21FN2O/c1-10-4-5-11(16)7-13(10)15(17)14-8-18-6-2-3-12(18)9-19-14/h4-5,7,12,14-15H,2-3,6,8-9,17H2,1H3. The molecule has 4 heteroatoms. The fourth-order valence-electron chi connectivity index (χ4n) is 3.23. The first kappa shape index (κ1) is 13.0. The van der Waals surface area contributed by atoms with Gasteiger partial charge >= 0.3 is 0 Å². The Morgan fingerprint density at radius 1 is 1.47 bits per heavy atom. The largest absolute Gasteiger partial charge is 0.373 e. The first-order chi connectivity index (χ1) is 9.15. The van der Waals surface area contributed by atoms with Crippen LogP contribution in [0.5, 0.6) is 0 Å². The smallest absolute Gasteiger partial charge is 0.123 e. The van der Waals surface area contributed by atoms with Gasteiger partial charge in [-0.2, -0.15) is 0 Å². The zero-order chi connectivity index (χ0) is 13.4. The van der Waals surface area contributed by atoms with Gasteiger partial charge < -0.3 is 10.5 Å². The quantitative estimate of drug-likeness (QED) is 0.888. The average Bonchev–Trinajstić information content (AvgIpc) is 2.88. The summed E-state index contributed by atoms with van der Waals surface area (Å²) in [5, 5.41) is 0. The lowest BCUT2D eigenvalue weighted by Crippen LogP contribution is -2.49. The zero-order valence-electron chi connectivity index (χ0n) is 11.3. The van der Waals surface area contributed by atoms with Crippen LogP contribution in [0.1, 0.15) is 30.0 Å². The summed E-state index contributed by atoms with van der Waals surface area (Å²) in [5.74, 6) is -0.231. The Morgan fingerprint density at radius 2 is 2.32 bits per heavy atom. The van der Waals surface area contributed by atoms with Gasteiger partial charge in [-0.15, -0.1) is 0 Å². The first-order valence-electron chi connectivity index (χ1n) is 7.02. The van der Waals surface area contributed by atoms with Crippen LogP contribution >= 0.6 is 0 Å². The highest BCUT2D eigenvalue weighted by Crippen LogP contribution is 2.29. The summed E-state index contributed by atoms with van der Waals surface area (Å²) in [6.45, 7) is 4.73. The third-order valence-corrected chi connectivity index (χ3v) is 4.42. The van der Waals surface area contributed by atoms with Crippen LogP contribution in [0.4, 0.5) is 4.39 Å². The van der Waals surface area contributed by atoms with E-state index in [1.807, 2.05) is 6.92 Å². The molecule has 2 fully saturated rings. The maximum atomic E-state index is 13.4. The SMILES string of the molecule is Cc1ccc(F)cc1C(N)C1CN2CCCC2CO1. The van der Waals surface area contributed by atoms with Gasteiger partial charge in [0.15, 0.2) is 0 Å².